The molecule has 2 fully saturated rings. The van der Waals surface area contributed by atoms with Crippen molar-refractivity contribution in [3.05, 3.63) is 11.6 Å². The van der Waals surface area contributed by atoms with Crippen LogP contribution < -0.4 is 0 Å². The summed E-state index contributed by atoms with van der Waals surface area (Å²) >= 11 is 0. The Morgan fingerprint density at radius 3 is 3.06 bits per heavy atom. The average molecular weight is 225 g/mol. The first-order valence-electron chi connectivity index (χ1n) is 6.30. The van der Waals surface area contributed by atoms with Crippen LogP contribution in [0.25, 0.3) is 0 Å². The van der Waals surface area contributed by atoms with E-state index in [-0.39, 0.29) is 12.5 Å². The molecular weight excluding hydrogens is 202 g/mol. The van der Waals surface area contributed by atoms with Crippen molar-refractivity contribution in [2.75, 3.05) is 19.7 Å². The molecule has 0 aromatic rings. The fraction of sp³-hybridized carbons (Fsp3) is 0.846. The first kappa shape index (κ1) is 12.1. The molecule has 2 aliphatic heterocycles. The predicted molar refractivity (Wildman–Crippen MR) is 64.2 cm³/mol. The molecule has 2 heterocycles. The van der Waals surface area contributed by atoms with Crippen LogP contribution in [0.4, 0.5) is 0 Å². The standard InChI is InChI=1S/C13H23NO2/c1-10(9-15)6-11-7-13(2,16)12-4-3-5-14(12)8-11/h6,10,12,15-16H,3-5,7-9H2,1-2H3. The first-order valence-corrected chi connectivity index (χ1v) is 6.30. The molecule has 0 aromatic heterocycles. The summed E-state index contributed by atoms with van der Waals surface area (Å²) in [5.41, 5.74) is 0.695. The monoisotopic (exact) mass is 225 g/mol. The highest BCUT2D eigenvalue weighted by atomic mass is 16.3. The van der Waals surface area contributed by atoms with E-state index in [1.54, 1.807) is 0 Å². The Bertz CT molecular complexity index is 286. The van der Waals surface area contributed by atoms with Crippen LogP contribution in [0.5, 0.6) is 0 Å². The van der Waals surface area contributed by atoms with Crippen LogP contribution in [0.1, 0.15) is 33.1 Å². The normalized spacial score (nSPS) is 40.0. The van der Waals surface area contributed by atoms with Crippen LogP contribution in [0, 0.1) is 5.92 Å². The molecule has 0 amide bonds. The van der Waals surface area contributed by atoms with Gasteiger partial charge in [0.15, 0.2) is 0 Å². The Labute approximate surface area is 97.8 Å². The Kier molecular flexibility index (Phi) is 3.38. The molecule has 16 heavy (non-hydrogen) atoms. The maximum Gasteiger partial charge on any atom is 0.0811 e. The Morgan fingerprint density at radius 2 is 2.38 bits per heavy atom. The van der Waals surface area contributed by atoms with Crippen LogP contribution in [0.15, 0.2) is 11.6 Å². The number of hydrogen-bond donors (Lipinski definition) is 2. The number of aliphatic hydroxyl groups excluding tert-OH is 1. The highest BCUT2D eigenvalue weighted by Gasteiger charge is 2.43. The molecule has 2 rings (SSSR count). The van der Waals surface area contributed by atoms with Gasteiger partial charge in [0.25, 0.3) is 0 Å². The summed E-state index contributed by atoms with van der Waals surface area (Å²) in [6, 6.07) is 0.342. The van der Waals surface area contributed by atoms with Crippen molar-refractivity contribution in [3.63, 3.8) is 0 Å². The van der Waals surface area contributed by atoms with E-state index in [4.69, 9.17) is 5.11 Å². The van der Waals surface area contributed by atoms with Gasteiger partial charge in [-0.15, -0.1) is 0 Å². The molecule has 3 nitrogen and oxygen atoms in total. The molecule has 92 valence electrons. The lowest BCUT2D eigenvalue weighted by atomic mass is 9.83. The molecule has 0 radical (unpaired) electrons. The van der Waals surface area contributed by atoms with Gasteiger partial charge in [0.2, 0.25) is 0 Å². The van der Waals surface area contributed by atoms with Gasteiger partial charge in [0.05, 0.1) is 5.60 Å². The highest BCUT2D eigenvalue weighted by Crippen LogP contribution is 2.36. The van der Waals surface area contributed by atoms with E-state index in [0.717, 1.165) is 25.9 Å². The smallest absolute Gasteiger partial charge is 0.0811 e. The second-order valence-electron chi connectivity index (χ2n) is 5.65. The summed E-state index contributed by atoms with van der Waals surface area (Å²) in [7, 11) is 0. The Hall–Kier alpha value is -0.380. The largest absolute Gasteiger partial charge is 0.396 e. The topological polar surface area (TPSA) is 43.7 Å². The van der Waals surface area contributed by atoms with E-state index in [9.17, 15) is 5.11 Å². The van der Waals surface area contributed by atoms with Gasteiger partial charge in [-0.05, 0) is 38.6 Å². The van der Waals surface area contributed by atoms with Gasteiger partial charge >= 0.3 is 0 Å². The number of aliphatic hydroxyl groups is 2. The zero-order valence-electron chi connectivity index (χ0n) is 10.3. The van der Waals surface area contributed by atoms with Crippen LogP contribution in [-0.2, 0) is 0 Å². The fourth-order valence-corrected chi connectivity index (χ4v) is 3.18. The molecular formula is C13H23NO2. The summed E-state index contributed by atoms with van der Waals surface area (Å²) in [5, 5.41) is 19.5. The Balaban J connectivity index is 2.12. The number of fused-ring (bicyclic) bond motifs is 1. The molecule has 2 aliphatic rings. The molecule has 0 aliphatic carbocycles. The summed E-state index contributed by atoms with van der Waals surface area (Å²) in [6.07, 6.45) is 5.21. The molecule has 3 heteroatoms. The van der Waals surface area contributed by atoms with Crippen molar-refractivity contribution in [1.82, 2.24) is 4.90 Å². The predicted octanol–water partition coefficient (Wildman–Crippen LogP) is 1.16. The van der Waals surface area contributed by atoms with Gasteiger partial charge < -0.3 is 10.2 Å². The van der Waals surface area contributed by atoms with Crippen LogP contribution >= 0.6 is 0 Å². The van der Waals surface area contributed by atoms with Gasteiger partial charge in [-0.2, -0.15) is 0 Å². The quantitative estimate of drug-likeness (QED) is 0.693. The van der Waals surface area contributed by atoms with E-state index in [1.165, 1.54) is 12.0 Å². The molecule has 0 saturated carbocycles. The van der Waals surface area contributed by atoms with E-state index in [2.05, 4.69) is 11.0 Å². The van der Waals surface area contributed by atoms with E-state index < -0.39 is 5.60 Å². The minimum atomic E-state index is -0.588. The zero-order valence-corrected chi connectivity index (χ0v) is 10.3. The van der Waals surface area contributed by atoms with Crippen LogP contribution in [0.2, 0.25) is 0 Å². The lowest BCUT2D eigenvalue weighted by Crippen LogP contribution is -2.52. The second-order valence-corrected chi connectivity index (χ2v) is 5.65. The number of nitrogens with zero attached hydrogens (tertiary/aromatic N) is 1. The molecule has 2 saturated heterocycles. The fourth-order valence-electron chi connectivity index (χ4n) is 3.18. The van der Waals surface area contributed by atoms with Crippen molar-refractivity contribution in [2.24, 2.45) is 5.92 Å². The minimum absolute atomic E-state index is 0.190. The third-order valence-electron chi connectivity index (χ3n) is 3.88. The highest BCUT2D eigenvalue weighted by molar-refractivity contribution is 5.17. The number of piperidine rings is 1. The third-order valence-corrected chi connectivity index (χ3v) is 3.88. The molecule has 0 bridgehead atoms. The number of rotatable bonds is 2. The summed E-state index contributed by atoms with van der Waals surface area (Å²) in [4.78, 5) is 2.39. The van der Waals surface area contributed by atoms with Gasteiger partial charge in [-0.25, -0.2) is 0 Å². The maximum absolute atomic E-state index is 10.5. The zero-order chi connectivity index (χ0) is 11.8. The van der Waals surface area contributed by atoms with E-state index >= 15 is 0 Å². The number of hydrogen-bond acceptors (Lipinski definition) is 3. The summed E-state index contributed by atoms with van der Waals surface area (Å²) < 4.78 is 0. The molecule has 0 spiro atoms. The average Bonchev–Trinajstić information content (AvgIpc) is 2.65. The van der Waals surface area contributed by atoms with Crippen molar-refractivity contribution in [3.8, 4) is 0 Å². The van der Waals surface area contributed by atoms with Gasteiger partial charge in [0.1, 0.15) is 0 Å². The van der Waals surface area contributed by atoms with Crippen molar-refractivity contribution < 1.29 is 10.2 Å². The third kappa shape index (κ3) is 2.31. The van der Waals surface area contributed by atoms with Crippen molar-refractivity contribution in [2.45, 2.75) is 44.8 Å². The van der Waals surface area contributed by atoms with Gasteiger partial charge in [-0.3, -0.25) is 4.90 Å². The summed E-state index contributed by atoms with van der Waals surface area (Å²) in [5.74, 6) is 0.199. The van der Waals surface area contributed by atoms with Crippen LogP contribution in [0.3, 0.4) is 0 Å². The maximum atomic E-state index is 10.5. The second kappa shape index (κ2) is 4.47. The summed E-state index contributed by atoms with van der Waals surface area (Å²) in [6.45, 7) is 6.23. The molecule has 3 unspecified atom stereocenters. The van der Waals surface area contributed by atoms with E-state index in [0.29, 0.717) is 6.04 Å². The lowest BCUT2D eigenvalue weighted by Gasteiger charge is -2.43. The van der Waals surface area contributed by atoms with Crippen LogP contribution in [-0.4, -0.2) is 46.5 Å². The molecule has 0 aromatic carbocycles. The SMILES string of the molecule is CC(C=C1CN2CCCC2C(C)(O)C1)CO. The Morgan fingerprint density at radius 1 is 1.62 bits per heavy atom. The minimum Gasteiger partial charge on any atom is -0.396 e. The van der Waals surface area contributed by atoms with Crippen molar-refractivity contribution >= 4 is 0 Å². The molecule has 3 atom stereocenters. The van der Waals surface area contributed by atoms with Crippen molar-refractivity contribution in [1.29, 1.82) is 0 Å². The van der Waals surface area contributed by atoms with Gasteiger partial charge in [-0.1, -0.05) is 18.6 Å². The van der Waals surface area contributed by atoms with E-state index in [1.807, 2.05) is 13.8 Å². The van der Waals surface area contributed by atoms with Gasteiger partial charge in [0, 0.05) is 19.2 Å². The molecule has 2 N–H and O–H groups in total. The lowest BCUT2D eigenvalue weighted by molar-refractivity contribution is -0.0330. The first-order chi connectivity index (χ1) is 7.53.